The number of anilines is 1. The number of benzene rings is 2. The van der Waals surface area contributed by atoms with Gasteiger partial charge in [0.2, 0.25) is 5.91 Å². The van der Waals surface area contributed by atoms with Gasteiger partial charge in [-0.1, -0.05) is 11.6 Å². The third kappa shape index (κ3) is 4.86. The number of halogens is 2. The number of amides is 1. The minimum absolute atomic E-state index is 0.146. The highest BCUT2D eigenvalue weighted by Crippen LogP contribution is 2.29. The Kier molecular flexibility index (Phi) is 6.83. The maximum absolute atomic E-state index is 13.1. The Morgan fingerprint density at radius 2 is 1.85 bits per heavy atom. The van der Waals surface area contributed by atoms with E-state index in [2.05, 4.69) is 10.6 Å². The zero-order valence-electron chi connectivity index (χ0n) is 15.1. The fourth-order valence-electron chi connectivity index (χ4n) is 2.55. The average Bonchev–Trinajstić information content (AvgIpc) is 2.63. The molecule has 0 spiro atoms. The van der Waals surface area contributed by atoms with Crippen LogP contribution >= 0.6 is 11.6 Å². The highest BCUT2D eigenvalue weighted by molar-refractivity contribution is 6.33. The Bertz CT molecular complexity index is 785. The number of carbonyl (C=O) groups excluding carboxylic acids is 1. The van der Waals surface area contributed by atoms with Crippen LogP contribution in [0.2, 0.25) is 5.02 Å². The summed E-state index contributed by atoms with van der Waals surface area (Å²) in [7, 11) is 3.18. The van der Waals surface area contributed by atoms with Crippen molar-refractivity contribution in [3.63, 3.8) is 0 Å². The molecule has 1 amide bonds. The molecule has 0 saturated heterocycles. The van der Waals surface area contributed by atoms with Gasteiger partial charge in [-0.15, -0.1) is 0 Å². The lowest BCUT2D eigenvalue weighted by Crippen LogP contribution is -2.39. The molecule has 2 aromatic rings. The molecule has 0 fully saturated rings. The summed E-state index contributed by atoms with van der Waals surface area (Å²) < 4.78 is 23.7. The second-order valence-electron chi connectivity index (χ2n) is 5.83. The highest BCUT2D eigenvalue weighted by Gasteiger charge is 2.20. The summed E-state index contributed by atoms with van der Waals surface area (Å²) >= 11 is 5.95. The van der Waals surface area contributed by atoms with Crippen LogP contribution in [0.3, 0.4) is 0 Å². The van der Waals surface area contributed by atoms with Crippen molar-refractivity contribution in [2.75, 3.05) is 19.5 Å². The van der Waals surface area contributed by atoms with Crippen LogP contribution in [0.5, 0.6) is 11.5 Å². The summed E-state index contributed by atoms with van der Waals surface area (Å²) in [4.78, 5) is 12.4. The van der Waals surface area contributed by atoms with Gasteiger partial charge in [-0.25, -0.2) is 4.39 Å². The molecule has 2 rings (SSSR count). The van der Waals surface area contributed by atoms with E-state index < -0.39 is 11.9 Å². The third-order valence-electron chi connectivity index (χ3n) is 3.99. The van der Waals surface area contributed by atoms with Gasteiger partial charge < -0.3 is 14.8 Å². The van der Waals surface area contributed by atoms with Crippen LogP contribution in [0.25, 0.3) is 0 Å². The summed E-state index contributed by atoms with van der Waals surface area (Å²) in [5, 5.41) is 6.04. The van der Waals surface area contributed by atoms with Gasteiger partial charge in [-0.2, -0.15) is 0 Å². The number of carbonyl (C=O) groups is 1. The number of methoxy groups -OCH3 is 2. The third-order valence-corrected chi connectivity index (χ3v) is 4.30. The van der Waals surface area contributed by atoms with E-state index in [9.17, 15) is 9.18 Å². The lowest BCUT2D eigenvalue weighted by atomic mass is 10.1. The second kappa shape index (κ2) is 8.87. The molecule has 2 unspecified atom stereocenters. The standard InChI is InChI=1S/C19H22ClFN2O3/c1-11(15-10-14(25-3)6-8-18(15)26-4)22-12(2)19(24)23-17-7-5-13(21)9-16(17)20/h5-12,22H,1-4H3,(H,23,24). The molecule has 0 radical (unpaired) electrons. The molecule has 2 N–H and O–H groups in total. The van der Waals surface area contributed by atoms with Crippen molar-refractivity contribution >= 4 is 23.2 Å². The zero-order chi connectivity index (χ0) is 19.3. The number of hydrogen-bond donors (Lipinski definition) is 2. The summed E-state index contributed by atoms with van der Waals surface area (Å²) in [6.45, 7) is 3.65. The van der Waals surface area contributed by atoms with E-state index in [0.717, 1.165) is 11.6 Å². The molecular formula is C19H22ClFN2O3. The molecule has 140 valence electrons. The lowest BCUT2D eigenvalue weighted by Gasteiger charge is -2.22. The number of hydrogen-bond acceptors (Lipinski definition) is 4. The Labute approximate surface area is 157 Å². The summed E-state index contributed by atoms with van der Waals surface area (Å²) in [6, 6.07) is 8.60. The maximum Gasteiger partial charge on any atom is 0.241 e. The predicted octanol–water partition coefficient (Wildman–Crippen LogP) is 4.17. The average molecular weight is 381 g/mol. The monoisotopic (exact) mass is 380 g/mol. The number of ether oxygens (including phenoxy) is 2. The van der Waals surface area contributed by atoms with Crippen LogP contribution < -0.4 is 20.1 Å². The lowest BCUT2D eigenvalue weighted by molar-refractivity contribution is -0.117. The SMILES string of the molecule is COc1ccc(OC)c(C(C)NC(C)C(=O)Nc2ccc(F)cc2Cl)c1. The molecule has 0 aliphatic heterocycles. The molecule has 0 aromatic heterocycles. The van der Waals surface area contributed by atoms with E-state index in [1.807, 2.05) is 25.1 Å². The van der Waals surface area contributed by atoms with Gasteiger partial charge in [0.05, 0.1) is 31.0 Å². The quantitative estimate of drug-likeness (QED) is 0.756. The smallest absolute Gasteiger partial charge is 0.241 e. The van der Waals surface area contributed by atoms with Gasteiger partial charge in [0.25, 0.3) is 0 Å². The van der Waals surface area contributed by atoms with Gasteiger partial charge in [-0.3, -0.25) is 10.1 Å². The first kappa shape index (κ1) is 20.0. The van der Waals surface area contributed by atoms with Crippen molar-refractivity contribution in [1.29, 1.82) is 0 Å². The van der Waals surface area contributed by atoms with E-state index in [-0.39, 0.29) is 17.0 Å². The van der Waals surface area contributed by atoms with Crippen LogP contribution in [0.1, 0.15) is 25.5 Å². The Morgan fingerprint density at radius 3 is 2.46 bits per heavy atom. The summed E-state index contributed by atoms with van der Waals surface area (Å²) in [5.41, 5.74) is 1.23. The Hall–Kier alpha value is -2.31. The summed E-state index contributed by atoms with van der Waals surface area (Å²) in [6.07, 6.45) is 0. The van der Waals surface area contributed by atoms with Crippen molar-refractivity contribution in [3.8, 4) is 11.5 Å². The molecule has 7 heteroatoms. The molecule has 2 atom stereocenters. The first-order valence-corrected chi connectivity index (χ1v) is 8.47. The molecule has 0 aliphatic rings. The molecule has 0 aliphatic carbocycles. The number of rotatable bonds is 7. The van der Waals surface area contributed by atoms with Crippen LogP contribution in [0.15, 0.2) is 36.4 Å². The van der Waals surface area contributed by atoms with E-state index in [1.165, 1.54) is 12.1 Å². The van der Waals surface area contributed by atoms with Crippen molar-refractivity contribution in [2.45, 2.75) is 25.9 Å². The van der Waals surface area contributed by atoms with E-state index >= 15 is 0 Å². The van der Waals surface area contributed by atoms with Crippen LogP contribution in [0.4, 0.5) is 10.1 Å². The topological polar surface area (TPSA) is 59.6 Å². The fourth-order valence-corrected chi connectivity index (χ4v) is 2.76. The molecule has 0 saturated carbocycles. The maximum atomic E-state index is 13.1. The predicted molar refractivity (Wildman–Crippen MR) is 101 cm³/mol. The minimum Gasteiger partial charge on any atom is -0.497 e. The number of nitrogens with one attached hydrogen (secondary N) is 2. The molecule has 26 heavy (non-hydrogen) atoms. The first-order chi connectivity index (χ1) is 12.3. The van der Waals surface area contributed by atoms with Crippen LogP contribution in [-0.2, 0) is 4.79 Å². The minimum atomic E-state index is -0.526. The van der Waals surface area contributed by atoms with Gasteiger partial charge in [0, 0.05) is 11.6 Å². The van der Waals surface area contributed by atoms with Crippen molar-refractivity contribution in [2.24, 2.45) is 0 Å². The molecular weight excluding hydrogens is 359 g/mol. The van der Waals surface area contributed by atoms with Crippen molar-refractivity contribution < 1.29 is 18.7 Å². The molecule has 2 aromatic carbocycles. The molecule has 0 heterocycles. The summed E-state index contributed by atoms with van der Waals surface area (Å²) in [5.74, 6) is 0.648. The zero-order valence-corrected chi connectivity index (χ0v) is 15.9. The van der Waals surface area contributed by atoms with E-state index in [1.54, 1.807) is 21.1 Å². The van der Waals surface area contributed by atoms with Gasteiger partial charge >= 0.3 is 0 Å². The fraction of sp³-hybridized carbons (Fsp3) is 0.316. The van der Waals surface area contributed by atoms with Crippen molar-refractivity contribution in [1.82, 2.24) is 5.32 Å². The van der Waals surface area contributed by atoms with Gasteiger partial charge in [0.15, 0.2) is 0 Å². The normalized spacial score (nSPS) is 13.0. The Balaban J connectivity index is 2.08. The van der Waals surface area contributed by atoms with Gasteiger partial charge in [-0.05, 0) is 50.2 Å². The largest absolute Gasteiger partial charge is 0.497 e. The first-order valence-electron chi connectivity index (χ1n) is 8.09. The van der Waals surface area contributed by atoms with E-state index in [4.69, 9.17) is 21.1 Å². The molecule has 0 bridgehead atoms. The van der Waals surface area contributed by atoms with Gasteiger partial charge in [0.1, 0.15) is 17.3 Å². The van der Waals surface area contributed by atoms with E-state index in [0.29, 0.717) is 17.2 Å². The highest BCUT2D eigenvalue weighted by atomic mass is 35.5. The van der Waals surface area contributed by atoms with Crippen molar-refractivity contribution in [3.05, 3.63) is 52.8 Å². The molecule has 5 nitrogen and oxygen atoms in total. The second-order valence-corrected chi connectivity index (χ2v) is 6.24. The van der Waals surface area contributed by atoms with Crippen LogP contribution in [-0.4, -0.2) is 26.2 Å². The van der Waals surface area contributed by atoms with Crippen LogP contribution in [0, 0.1) is 5.82 Å². The Morgan fingerprint density at radius 1 is 1.12 bits per heavy atom.